The van der Waals surface area contributed by atoms with Crippen LogP contribution in [0.4, 0.5) is 4.39 Å². The fourth-order valence-corrected chi connectivity index (χ4v) is 3.59. The van der Waals surface area contributed by atoms with Crippen LogP contribution in [0.1, 0.15) is 12.0 Å². The number of carboxylic acids is 1. The number of halogens is 3. The van der Waals surface area contributed by atoms with Gasteiger partial charge in [-0.15, -0.1) is 0 Å². The van der Waals surface area contributed by atoms with Crippen LogP contribution in [0.25, 0.3) is 5.57 Å². The Morgan fingerprint density at radius 3 is 2.72 bits per heavy atom. The van der Waals surface area contributed by atoms with Gasteiger partial charge in [-0.3, -0.25) is 4.99 Å². The first kappa shape index (κ1) is 17.7. The Morgan fingerprint density at radius 1 is 1.36 bits per heavy atom. The molecule has 1 aromatic rings. The minimum absolute atomic E-state index is 0.103. The molecule has 0 bridgehead atoms. The van der Waals surface area contributed by atoms with E-state index in [1.165, 1.54) is 12.3 Å². The molecule has 0 amide bonds. The summed E-state index contributed by atoms with van der Waals surface area (Å²) in [7, 11) is 3.52. The largest absolute Gasteiger partial charge is 0.478 e. The molecular formula is C18H15Cl2FN2O2. The van der Waals surface area contributed by atoms with Gasteiger partial charge in [0.15, 0.2) is 0 Å². The highest BCUT2D eigenvalue weighted by molar-refractivity contribution is 6.43. The van der Waals surface area contributed by atoms with Crippen molar-refractivity contribution in [3.8, 4) is 0 Å². The number of fused-ring (bicyclic) bond motifs is 1. The maximum Gasteiger partial charge on any atom is 0.339 e. The van der Waals surface area contributed by atoms with Crippen molar-refractivity contribution in [2.75, 3.05) is 14.1 Å². The highest BCUT2D eigenvalue weighted by atomic mass is 35.5. The van der Waals surface area contributed by atoms with Crippen molar-refractivity contribution in [2.45, 2.75) is 6.42 Å². The Morgan fingerprint density at radius 2 is 2.08 bits per heavy atom. The molecule has 1 atom stereocenters. The summed E-state index contributed by atoms with van der Waals surface area (Å²) >= 11 is 12.3. The highest BCUT2D eigenvalue weighted by Crippen LogP contribution is 2.45. The minimum Gasteiger partial charge on any atom is -0.478 e. The number of dihydropyridines is 1. The van der Waals surface area contributed by atoms with Gasteiger partial charge in [0.05, 0.1) is 21.3 Å². The molecule has 0 radical (unpaired) electrons. The average molecular weight is 381 g/mol. The van der Waals surface area contributed by atoms with Crippen LogP contribution in [-0.2, 0) is 4.79 Å². The van der Waals surface area contributed by atoms with Crippen LogP contribution in [0.2, 0.25) is 10.0 Å². The van der Waals surface area contributed by atoms with Gasteiger partial charge in [-0.25, -0.2) is 9.18 Å². The molecule has 1 aliphatic heterocycles. The summed E-state index contributed by atoms with van der Waals surface area (Å²) in [4.78, 5) is 17.5. The zero-order valence-corrected chi connectivity index (χ0v) is 15.1. The van der Waals surface area contributed by atoms with E-state index in [2.05, 4.69) is 4.99 Å². The van der Waals surface area contributed by atoms with E-state index in [0.29, 0.717) is 28.4 Å². The molecule has 0 spiro atoms. The molecule has 0 aromatic heterocycles. The maximum absolute atomic E-state index is 14.7. The Hall–Kier alpha value is -2.11. The smallest absolute Gasteiger partial charge is 0.339 e. The molecule has 1 N–H and O–H groups in total. The van der Waals surface area contributed by atoms with Crippen LogP contribution in [0.5, 0.6) is 0 Å². The molecule has 1 heterocycles. The second-order valence-corrected chi connectivity index (χ2v) is 6.74. The molecule has 25 heavy (non-hydrogen) atoms. The van der Waals surface area contributed by atoms with E-state index in [1.807, 2.05) is 0 Å². The average Bonchev–Trinajstić information content (AvgIpc) is 2.56. The highest BCUT2D eigenvalue weighted by Gasteiger charge is 2.35. The zero-order chi connectivity index (χ0) is 18.3. The normalized spacial score (nSPS) is 19.7. The second kappa shape index (κ2) is 6.65. The monoisotopic (exact) mass is 380 g/mol. The lowest BCUT2D eigenvalue weighted by atomic mass is 9.83. The van der Waals surface area contributed by atoms with Crippen molar-refractivity contribution < 1.29 is 14.3 Å². The summed E-state index contributed by atoms with van der Waals surface area (Å²) in [6.45, 7) is 0. The predicted octanol–water partition coefficient (Wildman–Crippen LogP) is 4.56. The van der Waals surface area contributed by atoms with Crippen LogP contribution in [0.15, 0.2) is 52.1 Å². The van der Waals surface area contributed by atoms with Gasteiger partial charge in [-0.05, 0) is 18.6 Å². The van der Waals surface area contributed by atoms with Crippen molar-refractivity contribution >= 4 is 41.0 Å². The van der Waals surface area contributed by atoms with Gasteiger partial charge >= 0.3 is 5.97 Å². The van der Waals surface area contributed by atoms with E-state index in [4.69, 9.17) is 23.2 Å². The summed E-state index contributed by atoms with van der Waals surface area (Å²) in [5.41, 5.74) is 1.83. The molecule has 130 valence electrons. The van der Waals surface area contributed by atoms with Gasteiger partial charge in [-0.1, -0.05) is 35.3 Å². The van der Waals surface area contributed by atoms with Crippen LogP contribution in [-0.4, -0.2) is 36.3 Å². The lowest BCUT2D eigenvalue weighted by molar-refractivity contribution is -0.132. The van der Waals surface area contributed by atoms with E-state index < -0.39 is 11.8 Å². The first-order chi connectivity index (χ1) is 11.8. The van der Waals surface area contributed by atoms with E-state index >= 15 is 0 Å². The minimum atomic E-state index is -1.07. The molecule has 4 nitrogen and oxygen atoms in total. The molecule has 2 aliphatic rings. The van der Waals surface area contributed by atoms with Crippen molar-refractivity contribution in [1.29, 1.82) is 0 Å². The lowest BCUT2D eigenvalue weighted by Gasteiger charge is -2.33. The molecule has 0 saturated heterocycles. The number of hydrogen-bond donors (Lipinski definition) is 1. The van der Waals surface area contributed by atoms with Gasteiger partial charge < -0.3 is 10.0 Å². The van der Waals surface area contributed by atoms with Crippen LogP contribution >= 0.6 is 23.2 Å². The van der Waals surface area contributed by atoms with E-state index in [0.717, 1.165) is 0 Å². The van der Waals surface area contributed by atoms with Crippen molar-refractivity contribution in [1.82, 2.24) is 4.90 Å². The number of nitrogens with zero attached hydrogens (tertiary/aromatic N) is 2. The van der Waals surface area contributed by atoms with Gasteiger partial charge in [0.2, 0.25) is 0 Å². The Bertz CT molecular complexity index is 885. The van der Waals surface area contributed by atoms with Gasteiger partial charge in [-0.2, -0.15) is 0 Å². The van der Waals surface area contributed by atoms with Gasteiger partial charge in [0.1, 0.15) is 5.83 Å². The topological polar surface area (TPSA) is 52.9 Å². The van der Waals surface area contributed by atoms with Crippen molar-refractivity contribution in [3.63, 3.8) is 0 Å². The number of allylic oxidation sites excluding steroid dienone is 3. The third-order valence-corrected chi connectivity index (χ3v) is 5.05. The number of benzene rings is 1. The summed E-state index contributed by atoms with van der Waals surface area (Å²) in [5.74, 6) is -1.87. The summed E-state index contributed by atoms with van der Waals surface area (Å²) in [6.07, 6.45) is 3.02. The number of rotatable bonds is 3. The Labute approximate surface area is 154 Å². The van der Waals surface area contributed by atoms with Crippen LogP contribution in [0.3, 0.4) is 0 Å². The van der Waals surface area contributed by atoms with Crippen LogP contribution in [0, 0.1) is 5.92 Å². The molecule has 1 aliphatic carbocycles. The van der Waals surface area contributed by atoms with Gasteiger partial charge in [0.25, 0.3) is 0 Å². The van der Waals surface area contributed by atoms with E-state index in [-0.39, 0.29) is 22.1 Å². The Kier molecular flexibility index (Phi) is 4.71. The number of carbonyl (C=O) groups is 1. The molecule has 1 unspecified atom stereocenters. The fourth-order valence-electron chi connectivity index (χ4n) is 3.20. The standard InChI is InChI=1S/C18H15Cl2FN2O2/c1-23(2)17-10-6-7-13(21)14(9-4-3-5-12(19)15(9)20)16(10)22-8-11(17)18(24)25/h3-5,7-8,10H,6H2,1-2H3,(H,24,25). The first-order valence-electron chi connectivity index (χ1n) is 7.56. The predicted molar refractivity (Wildman–Crippen MR) is 97.5 cm³/mol. The molecule has 0 saturated carbocycles. The molecule has 0 fully saturated rings. The zero-order valence-electron chi connectivity index (χ0n) is 13.6. The third-order valence-electron chi connectivity index (χ3n) is 4.23. The summed E-state index contributed by atoms with van der Waals surface area (Å²) in [6, 6.07) is 4.98. The number of carboxylic acid groups (broad SMARTS) is 1. The Balaban J connectivity index is 2.25. The second-order valence-electron chi connectivity index (χ2n) is 5.96. The van der Waals surface area contributed by atoms with Crippen molar-refractivity contribution in [3.05, 3.63) is 62.7 Å². The molecule has 1 aromatic carbocycles. The summed E-state index contributed by atoms with van der Waals surface area (Å²) in [5, 5.41) is 10.0. The van der Waals surface area contributed by atoms with E-state index in [9.17, 15) is 14.3 Å². The van der Waals surface area contributed by atoms with Crippen molar-refractivity contribution in [2.24, 2.45) is 10.9 Å². The fraction of sp³-hybridized carbons (Fsp3) is 0.222. The molecular weight excluding hydrogens is 366 g/mol. The quantitative estimate of drug-likeness (QED) is 0.835. The van der Waals surface area contributed by atoms with Crippen LogP contribution < -0.4 is 0 Å². The number of aliphatic imine (C=N–C) groups is 1. The SMILES string of the molecule is CN(C)C1=C(C(=O)O)C=NC2=C(c3cccc(Cl)c3Cl)C(F)=CCC21. The number of hydrogen-bond acceptors (Lipinski definition) is 3. The third kappa shape index (κ3) is 2.98. The van der Waals surface area contributed by atoms with E-state index in [1.54, 1.807) is 37.2 Å². The van der Waals surface area contributed by atoms with Gasteiger partial charge in [0, 0.05) is 43.1 Å². The lowest BCUT2D eigenvalue weighted by Crippen LogP contribution is -2.29. The molecule has 3 rings (SSSR count). The summed E-state index contributed by atoms with van der Waals surface area (Å²) < 4.78 is 14.7. The number of aliphatic carboxylic acids is 1. The first-order valence-corrected chi connectivity index (χ1v) is 8.32. The molecule has 7 heteroatoms. The maximum atomic E-state index is 14.7.